The van der Waals surface area contributed by atoms with Gasteiger partial charge >= 0.3 is 5.97 Å². The lowest BCUT2D eigenvalue weighted by Gasteiger charge is -2.23. The van der Waals surface area contributed by atoms with Gasteiger partial charge in [0.1, 0.15) is 11.6 Å². The van der Waals surface area contributed by atoms with E-state index in [9.17, 15) is 14.3 Å². The standard InChI is InChI=1S/C29H28FNO3.ClH/c1-17-9-10-21(14-27(17)29(32)33)28-15-22(11-20-7-5-6-8-26(20)28)18(2)31-19(3)23-12-24(30)16-25(13-23)34-4;/h5-16,18-19,31H,1-4H3,(H,32,33);1H/t18?,19-;/m1./s1. The van der Waals surface area contributed by atoms with E-state index in [0.717, 1.165) is 38.6 Å². The highest BCUT2D eigenvalue weighted by Gasteiger charge is 2.17. The molecule has 0 heterocycles. The lowest BCUT2D eigenvalue weighted by molar-refractivity contribution is 0.0696. The topological polar surface area (TPSA) is 58.6 Å². The van der Waals surface area contributed by atoms with E-state index in [-0.39, 0.29) is 30.3 Å². The van der Waals surface area contributed by atoms with Crippen LogP contribution in [0.25, 0.3) is 21.9 Å². The molecule has 182 valence electrons. The van der Waals surface area contributed by atoms with Crippen LogP contribution in [0.3, 0.4) is 0 Å². The second kappa shape index (κ2) is 10.9. The van der Waals surface area contributed by atoms with E-state index in [1.807, 2.05) is 37.3 Å². The fraction of sp³-hybridized carbons (Fsp3) is 0.207. The molecule has 35 heavy (non-hydrogen) atoms. The van der Waals surface area contributed by atoms with Crippen molar-refractivity contribution >= 4 is 29.1 Å². The summed E-state index contributed by atoms with van der Waals surface area (Å²) in [4.78, 5) is 11.7. The Bertz CT molecular complexity index is 1370. The number of fused-ring (bicyclic) bond motifs is 1. The van der Waals surface area contributed by atoms with Gasteiger partial charge in [-0.1, -0.05) is 36.4 Å². The zero-order valence-corrected chi connectivity index (χ0v) is 20.9. The van der Waals surface area contributed by atoms with Gasteiger partial charge in [0.15, 0.2) is 0 Å². The molecule has 0 saturated heterocycles. The van der Waals surface area contributed by atoms with E-state index in [2.05, 4.69) is 36.5 Å². The number of benzene rings is 4. The highest BCUT2D eigenvalue weighted by molar-refractivity contribution is 5.99. The fourth-order valence-corrected chi connectivity index (χ4v) is 4.36. The van der Waals surface area contributed by atoms with E-state index >= 15 is 0 Å². The number of halogens is 2. The van der Waals surface area contributed by atoms with Crippen LogP contribution in [0.4, 0.5) is 4.39 Å². The lowest BCUT2D eigenvalue weighted by Crippen LogP contribution is -2.22. The van der Waals surface area contributed by atoms with Gasteiger partial charge in [-0.15, -0.1) is 12.4 Å². The first kappa shape index (κ1) is 26.2. The number of aromatic carboxylic acids is 1. The summed E-state index contributed by atoms with van der Waals surface area (Å²) in [5.41, 5.74) is 4.72. The van der Waals surface area contributed by atoms with E-state index < -0.39 is 5.97 Å². The first-order valence-corrected chi connectivity index (χ1v) is 11.2. The van der Waals surface area contributed by atoms with Crippen molar-refractivity contribution in [2.75, 3.05) is 7.11 Å². The van der Waals surface area contributed by atoms with E-state index in [4.69, 9.17) is 4.74 Å². The summed E-state index contributed by atoms with van der Waals surface area (Å²) in [6.07, 6.45) is 0. The number of methoxy groups -OCH3 is 1. The Morgan fingerprint density at radius 2 is 1.63 bits per heavy atom. The largest absolute Gasteiger partial charge is 0.497 e. The molecular formula is C29H29ClFNO3. The predicted molar refractivity (Wildman–Crippen MR) is 141 cm³/mol. The average molecular weight is 494 g/mol. The molecule has 0 fully saturated rings. The van der Waals surface area contributed by atoms with Gasteiger partial charge in [0, 0.05) is 18.2 Å². The predicted octanol–water partition coefficient (Wildman–Crippen LogP) is 7.49. The monoisotopic (exact) mass is 493 g/mol. The molecule has 4 aromatic rings. The minimum absolute atomic E-state index is 0. The van der Waals surface area contributed by atoms with Gasteiger partial charge in [0.2, 0.25) is 0 Å². The van der Waals surface area contributed by atoms with Crippen molar-refractivity contribution in [2.45, 2.75) is 32.9 Å². The van der Waals surface area contributed by atoms with Gasteiger partial charge in [-0.05, 0) is 89.7 Å². The summed E-state index contributed by atoms with van der Waals surface area (Å²) in [6, 6.07) is 22.4. The molecule has 4 aromatic carbocycles. The molecule has 2 N–H and O–H groups in total. The summed E-state index contributed by atoms with van der Waals surface area (Å²) >= 11 is 0. The number of carboxylic acid groups (broad SMARTS) is 1. The van der Waals surface area contributed by atoms with Crippen LogP contribution in [0.2, 0.25) is 0 Å². The van der Waals surface area contributed by atoms with Crippen LogP contribution in [0.1, 0.15) is 53.0 Å². The van der Waals surface area contributed by atoms with Crippen molar-refractivity contribution < 1.29 is 19.0 Å². The van der Waals surface area contributed by atoms with Crippen LogP contribution in [0.15, 0.2) is 72.8 Å². The average Bonchev–Trinajstić information content (AvgIpc) is 2.83. The molecular weight excluding hydrogens is 465 g/mol. The Kier molecular flexibility index (Phi) is 8.15. The summed E-state index contributed by atoms with van der Waals surface area (Å²) in [7, 11) is 1.52. The minimum Gasteiger partial charge on any atom is -0.497 e. The van der Waals surface area contributed by atoms with Crippen molar-refractivity contribution in [1.29, 1.82) is 0 Å². The Morgan fingerprint density at radius 3 is 2.31 bits per heavy atom. The van der Waals surface area contributed by atoms with Crippen molar-refractivity contribution in [3.63, 3.8) is 0 Å². The molecule has 0 aliphatic heterocycles. The molecule has 1 unspecified atom stereocenters. The van der Waals surface area contributed by atoms with Gasteiger partial charge in [0.25, 0.3) is 0 Å². The van der Waals surface area contributed by atoms with E-state index in [1.54, 1.807) is 13.0 Å². The number of ether oxygens (including phenoxy) is 1. The van der Waals surface area contributed by atoms with Crippen LogP contribution in [0.5, 0.6) is 5.75 Å². The summed E-state index contributed by atoms with van der Waals surface area (Å²) in [5, 5.41) is 15.3. The molecule has 0 aliphatic rings. The number of nitrogens with one attached hydrogen (secondary N) is 1. The van der Waals surface area contributed by atoms with Crippen molar-refractivity contribution in [3.8, 4) is 16.9 Å². The van der Waals surface area contributed by atoms with Gasteiger partial charge in [-0.3, -0.25) is 0 Å². The Morgan fingerprint density at radius 1 is 0.943 bits per heavy atom. The fourth-order valence-electron chi connectivity index (χ4n) is 4.36. The third kappa shape index (κ3) is 5.64. The van der Waals surface area contributed by atoms with Crippen molar-refractivity contribution in [3.05, 3.63) is 101 Å². The smallest absolute Gasteiger partial charge is 0.335 e. The second-order valence-electron chi connectivity index (χ2n) is 8.66. The highest BCUT2D eigenvalue weighted by Crippen LogP contribution is 2.34. The minimum atomic E-state index is -0.936. The van der Waals surface area contributed by atoms with Gasteiger partial charge in [0.05, 0.1) is 12.7 Å². The van der Waals surface area contributed by atoms with E-state index in [1.165, 1.54) is 19.2 Å². The zero-order valence-electron chi connectivity index (χ0n) is 20.1. The SMILES string of the molecule is COc1cc(F)cc([C@@H](C)NC(C)c2cc(-c3ccc(C)c(C(=O)O)c3)c3ccccc3c2)c1.Cl. The van der Waals surface area contributed by atoms with Crippen LogP contribution in [-0.2, 0) is 0 Å². The van der Waals surface area contributed by atoms with Crippen LogP contribution in [0, 0.1) is 12.7 Å². The molecule has 0 aromatic heterocycles. The second-order valence-corrected chi connectivity index (χ2v) is 8.66. The maximum absolute atomic E-state index is 14.0. The number of carbonyl (C=O) groups is 1. The summed E-state index contributed by atoms with van der Waals surface area (Å²) in [6.45, 7) is 5.86. The zero-order chi connectivity index (χ0) is 24.4. The first-order valence-electron chi connectivity index (χ1n) is 11.2. The van der Waals surface area contributed by atoms with Crippen LogP contribution in [-0.4, -0.2) is 18.2 Å². The number of aryl methyl sites for hydroxylation is 1. The van der Waals surface area contributed by atoms with Gasteiger partial charge in [-0.25, -0.2) is 9.18 Å². The number of rotatable bonds is 7. The maximum Gasteiger partial charge on any atom is 0.335 e. The van der Waals surface area contributed by atoms with Crippen molar-refractivity contribution in [2.24, 2.45) is 0 Å². The molecule has 4 rings (SSSR count). The van der Waals surface area contributed by atoms with E-state index in [0.29, 0.717) is 11.3 Å². The number of carboxylic acids is 1. The Hall–Kier alpha value is -3.41. The molecule has 0 saturated carbocycles. The van der Waals surface area contributed by atoms with Crippen LogP contribution >= 0.6 is 12.4 Å². The molecule has 0 amide bonds. The quantitative estimate of drug-likeness (QED) is 0.280. The summed E-state index contributed by atoms with van der Waals surface area (Å²) < 4.78 is 19.2. The number of hydrogen-bond acceptors (Lipinski definition) is 3. The highest BCUT2D eigenvalue weighted by atomic mass is 35.5. The molecule has 6 heteroatoms. The number of hydrogen-bond donors (Lipinski definition) is 2. The lowest BCUT2D eigenvalue weighted by atomic mass is 9.91. The molecule has 0 radical (unpaired) electrons. The molecule has 0 spiro atoms. The molecule has 0 aliphatic carbocycles. The molecule has 4 nitrogen and oxygen atoms in total. The van der Waals surface area contributed by atoms with Gasteiger partial charge in [-0.2, -0.15) is 0 Å². The Labute approximate surface area is 211 Å². The third-order valence-electron chi connectivity index (χ3n) is 6.29. The normalized spacial score (nSPS) is 12.6. The molecule has 2 atom stereocenters. The van der Waals surface area contributed by atoms with Gasteiger partial charge < -0.3 is 15.2 Å². The van der Waals surface area contributed by atoms with Crippen molar-refractivity contribution in [1.82, 2.24) is 5.32 Å². The van der Waals surface area contributed by atoms with Crippen LogP contribution < -0.4 is 10.1 Å². The first-order chi connectivity index (χ1) is 16.3. The molecule has 0 bridgehead atoms. The maximum atomic E-state index is 14.0. The Balaban J connectivity index is 0.00000342. The third-order valence-corrected chi connectivity index (χ3v) is 6.29. The summed E-state index contributed by atoms with van der Waals surface area (Å²) in [5.74, 6) is -0.788.